The molecule has 1 aliphatic rings. The maximum absolute atomic E-state index is 12.7. The molecule has 0 spiro atoms. The average molecular weight is 489 g/mol. The van der Waals surface area contributed by atoms with Gasteiger partial charge in [0.15, 0.2) is 0 Å². The van der Waals surface area contributed by atoms with Gasteiger partial charge < -0.3 is 14.8 Å². The summed E-state index contributed by atoms with van der Waals surface area (Å²) < 4.78 is 37.1. The molecule has 2 aromatic carbocycles. The Bertz CT molecular complexity index is 1050. The van der Waals surface area contributed by atoms with Crippen LogP contribution in [0.4, 0.5) is 0 Å². The van der Waals surface area contributed by atoms with Crippen LogP contribution in [-0.4, -0.2) is 64.1 Å². The first-order chi connectivity index (χ1) is 16.3. The van der Waals surface area contributed by atoms with Crippen molar-refractivity contribution in [1.29, 1.82) is 0 Å². The van der Waals surface area contributed by atoms with Crippen molar-refractivity contribution in [3.63, 3.8) is 0 Å². The molecule has 3 rings (SSSR count). The van der Waals surface area contributed by atoms with Gasteiger partial charge in [-0.15, -0.1) is 0 Å². The Hall–Kier alpha value is -2.75. The van der Waals surface area contributed by atoms with E-state index < -0.39 is 10.0 Å². The van der Waals surface area contributed by atoms with Gasteiger partial charge >= 0.3 is 5.97 Å². The predicted molar refractivity (Wildman–Crippen MR) is 128 cm³/mol. The number of hydrogen-bond donors (Lipinski definition) is 1. The Morgan fingerprint density at radius 3 is 2.18 bits per heavy atom. The zero-order valence-corrected chi connectivity index (χ0v) is 20.3. The van der Waals surface area contributed by atoms with Gasteiger partial charge in [-0.3, -0.25) is 9.59 Å². The second-order valence-electron chi connectivity index (χ2n) is 8.22. The van der Waals surface area contributed by atoms with Gasteiger partial charge in [0.1, 0.15) is 6.61 Å². The van der Waals surface area contributed by atoms with Crippen molar-refractivity contribution in [2.24, 2.45) is 0 Å². The molecular weight excluding hydrogens is 456 g/mol. The van der Waals surface area contributed by atoms with Crippen molar-refractivity contribution < 1.29 is 27.5 Å². The number of esters is 1. The standard InChI is InChI=1S/C25H32N2O6S/c1-20-2-4-21(5-3-20)8-12-24(28)26-14-17-33-25(29)13-9-22-6-10-23(11-7-22)34(30,31)27-15-18-32-19-16-27/h2-7,10-11H,8-9,12-19H2,1H3,(H,26,28). The normalized spacial score (nSPS) is 14.5. The number of amides is 1. The number of morpholine rings is 1. The number of ether oxygens (including phenoxy) is 2. The first-order valence-corrected chi connectivity index (χ1v) is 12.9. The molecule has 2 aromatic rings. The number of sulfonamides is 1. The highest BCUT2D eigenvalue weighted by atomic mass is 32.2. The summed E-state index contributed by atoms with van der Waals surface area (Å²) in [6, 6.07) is 14.6. The molecule has 1 fully saturated rings. The Morgan fingerprint density at radius 1 is 0.941 bits per heavy atom. The quantitative estimate of drug-likeness (QED) is 0.385. The van der Waals surface area contributed by atoms with Gasteiger partial charge in [0.05, 0.1) is 24.7 Å². The summed E-state index contributed by atoms with van der Waals surface area (Å²) in [4.78, 5) is 24.2. The molecular formula is C25H32N2O6S. The molecule has 1 N–H and O–H groups in total. The number of nitrogens with one attached hydrogen (secondary N) is 1. The highest BCUT2D eigenvalue weighted by Gasteiger charge is 2.26. The molecule has 1 saturated heterocycles. The molecule has 0 atom stereocenters. The van der Waals surface area contributed by atoms with E-state index >= 15 is 0 Å². The lowest BCUT2D eigenvalue weighted by molar-refractivity contribution is -0.143. The lowest BCUT2D eigenvalue weighted by Gasteiger charge is -2.26. The Balaban J connectivity index is 1.31. The van der Waals surface area contributed by atoms with Crippen molar-refractivity contribution in [2.45, 2.75) is 37.5 Å². The van der Waals surface area contributed by atoms with Crippen LogP contribution in [0.5, 0.6) is 0 Å². The van der Waals surface area contributed by atoms with Crippen molar-refractivity contribution in [2.75, 3.05) is 39.5 Å². The number of benzene rings is 2. The van der Waals surface area contributed by atoms with Gasteiger partial charge in [0.2, 0.25) is 15.9 Å². The fourth-order valence-electron chi connectivity index (χ4n) is 3.54. The largest absolute Gasteiger partial charge is 0.464 e. The molecule has 0 radical (unpaired) electrons. The Morgan fingerprint density at radius 2 is 1.53 bits per heavy atom. The molecule has 0 aliphatic carbocycles. The van der Waals surface area contributed by atoms with Crippen LogP contribution in [0.2, 0.25) is 0 Å². The summed E-state index contributed by atoms with van der Waals surface area (Å²) in [5.74, 6) is -0.442. The highest BCUT2D eigenvalue weighted by molar-refractivity contribution is 7.89. The smallest absolute Gasteiger partial charge is 0.306 e. The van der Waals surface area contributed by atoms with E-state index in [1.165, 1.54) is 9.87 Å². The summed E-state index contributed by atoms with van der Waals surface area (Å²) >= 11 is 0. The van der Waals surface area contributed by atoms with Crippen LogP contribution in [0.25, 0.3) is 0 Å². The van der Waals surface area contributed by atoms with E-state index in [-0.39, 0.29) is 36.3 Å². The predicted octanol–water partition coefficient (Wildman–Crippen LogP) is 2.24. The van der Waals surface area contributed by atoms with Crippen LogP contribution in [0.1, 0.15) is 29.5 Å². The number of carbonyl (C=O) groups is 2. The highest BCUT2D eigenvalue weighted by Crippen LogP contribution is 2.18. The molecule has 184 valence electrons. The minimum absolute atomic E-state index is 0.0799. The van der Waals surface area contributed by atoms with E-state index in [0.29, 0.717) is 45.6 Å². The van der Waals surface area contributed by atoms with Crippen LogP contribution in [0.15, 0.2) is 53.4 Å². The zero-order chi connectivity index (χ0) is 24.4. The van der Waals surface area contributed by atoms with E-state index in [0.717, 1.165) is 11.1 Å². The summed E-state index contributed by atoms with van der Waals surface area (Å²) in [5, 5.41) is 2.76. The number of aryl methyl sites for hydroxylation is 3. The monoisotopic (exact) mass is 488 g/mol. The van der Waals surface area contributed by atoms with Crippen LogP contribution >= 0.6 is 0 Å². The minimum Gasteiger partial charge on any atom is -0.464 e. The van der Waals surface area contributed by atoms with Gasteiger partial charge in [0, 0.05) is 25.9 Å². The molecule has 0 unspecified atom stereocenters. The average Bonchev–Trinajstić information content (AvgIpc) is 2.86. The lowest BCUT2D eigenvalue weighted by atomic mass is 10.1. The molecule has 34 heavy (non-hydrogen) atoms. The van der Waals surface area contributed by atoms with Crippen LogP contribution in [-0.2, 0) is 41.9 Å². The van der Waals surface area contributed by atoms with Crippen molar-refractivity contribution in [3.8, 4) is 0 Å². The first-order valence-electron chi connectivity index (χ1n) is 11.5. The molecule has 1 heterocycles. The van der Waals surface area contributed by atoms with Crippen molar-refractivity contribution >= 4 is 21.9 Å². The maximum atomic E-state index is 12.7. The summed E-state index contributed by atoms with van der Waals surface area (Å²) in [7, 11) is -3.53. The number of hydrogen-bond acceptors (Lipinski definition) is 6. The molecule has 8 nitrogen and oxygen atoms in total. The zero-order valence-electron chi connectivity index (χ0n) is 19.5. The third-order valence-electron chi connectivity index (χ3n) is 5.60. The number of nitrogens with zero attached hydrogens (tertiary/aromatic N) is 1. The Kier molecular flexibility index (Phi) is 9.62. The van der Waals surface area contributed by atoms with Gasteiger partial charge in [-0.2, -0.15) is 4.31 Å². The van der Waals surface area contributed by atoms with Crippen LogP contribution < -0.4 is 5.32 Å². The third-order valence-corrected chi connectivity index (χ3v) is 7.51. The molecule has 1 aliphatic heterocycles. The second kappa shape index (κ2) is 12.6. The van der Waals surface area contributed by atoms with E-state index in [1.54, 1.807) is 24.3 Å². The summed E-state index contributed by atoms with van der Waals surface area (Å²) in [6.07, 6.45) is 1.67. The SMILES string of the molecule is Cc1ccc(CCC(=O)NCCOC(=O)CCc2ccc(S(=O)(=O)N3CCOCC3)cc2)cc1. The molecule has 1 amide bonds. The van der Waals surface area contributed by atoms with Gasteiger partial charge in [-0.05, 0) is 43.0 Å². The summed E-state index contributed by atoms with van der Waals surface area (Å²) in [5.41, 5.74) is 3.14. The summed E-state index contributed by atoms with van der Waals surface area (Å²) in [6.45, 7) is 3.91. The Labute approximate surface area is 201 Å². The fraction of sp³-hybridized carbons (Fsp3) is 0.440. The fourth-order valence-corrected chi connectivity index (χ4v) is 4.95. The second-order valence-corrected chi connectivity index (χ2v) is 10.2. The van der Waals surface area contributed by atoms with E-state index in [2.05, 4.69) is 5.32 Å². The van der Waals surface area contributed by atoms with Crippen molar-refractivity contribution in [3.05, 3.63) is 65.2 Å². The topological polar surface area (TPSA) is 102 Å². The van der Waals surface area contributed by atoms with E-state index in [4.69, 9.17) is 9.47 Å². The number of rotatable bonds is 11. The maximum Gasteiger partial charge on any atom is 0.306 e. The number of carbonyl (C=O) groups excluding carboxylic acids is 2. The van der Waals surface area contributed by atoms with Crippen molar-refractivity contribution in [1.82, 2.24) is 9.62 Å². The van der Waals surface area contributed by atoms with Gasteiger partial charge in [-0.25, -0.2) is 8.42 Å². The molecule has 0 aromatic heterocycles. The minimum atomic E-state index is -3.53. The molecule has 0 saturated carbocycles. The lowest BCUT2D eigenvalue weighted by Crippen LogP contribution is -2.40. The van der Waals surface area contributed by atoms with Crippen LogP contribution in [0, 0.1) is 6.92 Å². The van der Waals surface area contributed by atoms with E-state index in [9.17, 15) is 18.0 Å². The van der Waals surface area contributed by atoms with Crippen LogP contribution in [0.3, 0.4) is 0 Å². The van der Waals surface area contributed by atoms with Gasteiger partial charge in [-0.1, -0.05) is 42.0 Å². The third kappa shape index (κ3) is 7.93. The molecule has 0 bridgehead atoms. The van der Waals surface area contributed by atoms with E-state index in [1.807, 2.05) is 31.2 Å². The molecule has 9 heteroatoms. The first kappa shape index (κ1) is 25.9. The van der Waals surface area contributed by atoms with Gasteiger partial charge in [0.25, 0.3) is 0 Å².